The first-order chi connectivity index (χ1) is 17.6. The predicted octanol–water partition coefficient (Wildman–Crippen LogP) is 5.56. The Morgan fingerprint density at radius 1 is 1.16 bits per heavy atom. The van der Waals surface area contributed by atoms with E-state index in [0.717, 1.165) is 40.8 Å². The average molecular weight is 513 g/mol. The molecule has 196 valence electrons. The van der Waals surface area contributed by atoms with Crippen LogP contribution in [-0.4, -0.2) is 51.4 Å². The maximum absolute atomic E-state index is 12.9. The van der Waals surface area contributed by atoms with Crippen LogP contribution in [0.1, 0.15) is 65.7 Å². The monoisotopic (exact) mass is 512 g/mol. The van der Waals surface area contributed by atoms with E-state index in [9.17, 15) is 18.0 Å². The van der Waals surface area contributed by atoms with Gasteiger partial charge in [0.2, 0.25) is 5.95 Å². The summed E-state index contributed by atoms with van der Waals surface area (Å²) in [6.45, 7) is 6.59. The van der Waals surface area contributed by atoms with Gasteiger partial charge in [-0.05, 0) is 87.0 Å². The van der Waals surface area contributed by atoms with Crippen LogP contribution >= 0.6 is 0 Å². The van der Waals surface area contributed by atoms with E-state index < -0.39 is 12.7 Å². The molecule has 0 spiro atoms. The van der Waals surface area contributed by atoms with E-state index in [4.69, 9.17) is 4.98 Å². The molecule has 1 amide bonds. The van der Waals surface area contributed by atoms with E-state index in [-0.39, 0.29) is 17.9 Å². The summed E-state index contributed by atoms with van der Waals surface area (Å²) in [5, 5.41) is 10.9. The van der Waals surface area contributed by atoms with Gasteiger partial charge in [0, 0.05) is 29.9 Å². The molecule has 37 heavy (non-hydrogen) atoms. The molecule has 3 aromatic rings. The smallest absolute Gasteiger partial charge is 0.345 e. The fraction of sp³-hybridized carbons (Fsp3) is 0.444. The molecule has 10 heteroatoms. The summed E-state index contributed by atoms with van der Waals surface area (Å²) in [6, 6.07) is 11.6. The minimum absolute atomic E-state index is 0.0462. The molecule has 0 bridgehead atoms. The van der Waals surface area contributed by atoms with Gasteiger partial charge in [-0.3, -0.25) is 9.69 Å². The number of aromatic nitrogens is 3. The van der Waals surface area contributed by atoms with Crippen LogP contribution in [0.2, 0.25) is 0 Å². The van der Waals surface area contributed by atoms with E-state index >= 15 is 0 Å². The zero-order chi connectivity index (χ0) is 26.3. The molecule has 5 rings (SSSR count). The number of aryl methyl sites for hydroxylation is 2. The number of anilines is 2. The van der Waals surface area contributed by atoms with Gasteiger partial charge in [-0.1, -0.05) is 12.1 Å². The first-order valence-corrected chi connectivity index (χ1v) is 12.7. The van der Waals surface area contributed by atoms with Crippen LogP contribution in [0.15, 0.2) is 36.4 Å². The number of nitrogens with one attached hydrogen (secondary N) is 2. The van der Waals surface area contributed by atoms with Crippen LogP contribution in [0.25, 0.3) is 11.4 Å². The van der Waals surface area contributed by atoms with Crippen LogP contribution in [0.4, 0.5) is 24.8 Å². The van der Waals surface area contributed by atoms with Crippen molar-refractivity contribution in [2.24, 2.45) is 0 Å². The van der Waals surface area contributed by atoms with Crippen molar-refractivity contribution in [2.45, 2.75) is 58.3 Å². The summed E-state index contributed by atoms with van der Waals surface area (Å²) in [7, 11) is 0. The van der Waals surface area contributed by atoms with Gasteiger partial charge < -0.3 is 10.6 Å². The Morgan fingerprint density at radius 2 is 1.97 bits per heavy atom. The minimum atomic E-state index is -4.18. The van der Waals surface area contributed by atoms with Gasteiger partial charge in [0.15, 0.2) is 5.82 Å². The van der Waals surface area contributed by atoms with Crippen LogP contribution in [-0.2, 0) is 6.54 Å². The minimum Gasteiger partial charge on any atom is -0.345 e. The van der Waals surface area contributed by atoms with E-state index in [1.54, 1.807) is 4.68 Å². The molecule has 1 saturated heterocycles. The maximum Gasteiger partial charge on any atom is 0.401 e. The molecule has 2 unspecified atom stereocenters. The van der Waals surface area contributed by atoms with Crippen molar-refractivity contribution < 1.29 is 18.0 Å². The molecule has 1 fully saturated rings. The topological polar surface area (TPSA) is 75.1 Å². The molecule has 7 nitrogen and oxygen atoms in total. The predicted molar refractivity (Wildman–Crippen MR) is 136 cm³/mol. The Balaban J connectivity index is 1.35. The molecular formula is C27H31F3N6O. The summed E-state index contributed by atoms with van der Waals surface area (Å²) in [5.41, 5.74) is 5.42. The second kappa shape index (κ2) is 9.81. The molecular weight excluding hydrogens is 481 g/mol. The lowest BCUT2D eigenvalue weighted by Crippen LogP contribution is -2.40. The molecule has 0 aliphatic carbocycles. The summed E-state index contributed by atoms with van der Waals surface area (Å²) < 4.78 is 40.5. The lowest BCUT2D eigenvalue weighted by atomic mass is 9.87. The second-order valence-electron chi connectivity index (χ2n) is 9.96. The molecule has 2 aromatic carbocycles. The molecule has 0 radical (unpaired) electrons. The number of carbonyl (C=O) groups is 1. The number of hydrogen-bond acceptors (Lipinski definition) is 5. The molecule has 2 N–H and O–H groups in total. The summed E-state index contributed by atoms with van der Waals surface area (Å²) in [5.74, 6) is 1.19. The van der Waals surface area contributed by atoms with Gasteiger partial charge in [-0.25, -0.2) is 4.68 Å². The normalized spacial score (nSPS) is 20.1. The molecule has 0 saturated carbocycles. The van der Waals surface area contributed by atoms with Gasteiger partial charge in [-0.2, -0.15) is 18.2 Å². The molecule has 2 atom stereocenters. The summed E-state index contributed by atoms with van der Waals surface area (Å²) in [6.07, 6.45) is -2.54. The van der Waals surface area contributed by atoms with Crippen molar-refractivity contribution >= 4 is 17.5 Å². The highest BCUT2D eigenvalue weighted by Gasteiger charge is 2.33. The number of benzene rings is 2. The van der Waals surface area contributed by atoms with Gasteiger partial charge in [0.05, 0.1) is 12.6 Å². The third kappa shape index (κ3) is 5.34. The van der Waals surface area contributed by atoms with Gasteiger partial charge in [-0.15, -0.1) is 5.10 Å². The van der Waals surface area contributed by atoms with E-state index in [0.29, 0.717) is 37.0 Å². The fourth-order valence-corrected chi connectivity index (χ4v) is 5.44. The Morgan fingerprint density at radius 3 is 2.70 bits per heavy atom. The van der Waals surface area contributed by atoms with Crippen LogP contribution in [0.5, 0.6) is 0 Å². The molecule has 2 aliphatic heterocycles. The number of alkyl halides is 3. The lowest BCUT2D eigenvalue weighted by Gasteiger charge is -2.34. The highest BCUT2D eigenvalue weighted by atomic mass is 19.4. The SMILES string of the molecule is CCn1nc(-c2ccc(C3CCCN(CC(F)(F)F)C3)c(C)c2)nc1Nc1ccc2c(c1)C(C)NC2=O. The lowest BCUT2D eigenvalue weighted by molar-refractivity contribution is -0.148. The van der Waals surface area contributed by atoms with Crippen molar-refractivity contribution in [2.75, 3.05) is 25.0 Å². The number of halogens is 3. The summed E-state index contributed by atoms with van der Waals surface area (Å²) >= 11 is 0. The number of nitrogens with zero attached hydrogens (tertiary/aromatic N) is 4. The van der Waals surface area contributed by atoms with Crippen molar-refractivity contribution in [3.8, 4) is 11.4 Å². The van der Waals surface area contributed by atoms with E-state index in [1.165, 1.54) is 4.90 Å². The second-order valence-corrected chi connectivity index (χ2v) is 9.96. The van der Waals surface area contributed by atoms with Crippen LogP contribution in [0.3, 0.4) is 0 Å². The number of likely N-dealkylation sites (tertiary alicyclic amines) is 1. The van der Waals surface area contributed by atoms with Crippen LogP contribution < -0.4 is 10.6 Å². The number of hydrogen-bond donors (Lipinski definition) is 2. The molecule has 3 heterocycles. The Labute approximate surface area is 214 Å². The standard InChI is InChI=1S/C27H31F3N6O/c1-4-36-26(32-20-8-10-22-23(13-20)17(3)31-25(22)37)33-24(34-36)18-7-9-21(16(2)12-18)19-6-5-11-35(14-19)15-27(28,29)30/h7-10,12-13,17,19H,4-6,11,14-15H2,1-3H3,(H,31,37)(H,32,33,34). The van der Waals surface area contributed by atoms with Crippen molar-refractivity contribution in [3.05, 3.63) is 58.7 Å². The average Bonchev–Trinajstić information content (AvgIpc) is 3.37. The van der Waals surface area contributed by atoms with Gasteiger partial charge >= 0.3 is 6.18 Å². The summed E-state index contributed by atoms with van der Waals surface area (Å²) in [4.78, 5) is 18.3. The first kappa shape index (κ1) is 25.3. The first-order valence-electron chi connectivity index (χ1n) is 12.7. The largest absolute Gasteiger partial charge is 0.401 e. The Hall–Kier alpha value is -3.40. The number of fused-ring (bicyclic) bond motifs is 1. The van der Waals surface area contributed by atoms with E-state index in [2.05, 4.69) is 15.7 Å². The van der Waals surface area contributed by atoms with Crippen molar-refractivity contribution in [1.29, 1.82) is 0 Å². The fourth-order valence-electron chi connectivity index (χ4n) is 5.44. The van der Waals surface area contributed by atoms with E-state index in [1.807, 2.05) is 57.2 Å². The third-order valence-electron chi connectivity index (χ3n) is 7.21. The molecule has 2 aliphatic rings. The quantitative estimate of drug-likeness (QED) is 0.452. The zero-order valence-electron chi connectivity index (χ0n) is 21.2. The van der Waals surface area contributed by atoms with Gasteiger partial charge in [0.25, 0.3) is 5.91 Å². The highest BCUT2D eigenvalue weighted by molar-refractivity contribution is 5.99. The number of piperidine rings is 1. The zero-order valence-corrected chi connectivity index (χ0v) is 21.2. The van der Waals surface area contributed by atoms with Crippen LogP contribution in [0, 0.1) is 6.92 Å². The number of amides is 1. The molecule has 1 aromatic heterocycles. The Bertz CT molecular complexity index is 1320. The maximum atomic E-state index is 12.9. The Kier molecular flexibility index (Phi) is 6.70. The number of carbonyl (C=O) groups excluding carboxylic acids is 1. The van der Waals surface area contributed by atoms with Crippen molar-refractivity contribution in [1.82, 2.24) is 25.0 Å². The number of rotatable bonds is 6. The van der Waals surface area contributed by atoms with Gasteiger partial charge in [0.1, 0.15) is 0 Å². The highest BCUT2D eigenvalue weighted by Crippen LogP contribution is 2.33. The van der Waals surface area contributed by atoms with Crippen molar-refractivity contribution in [3.63, 3.8) is 0 Å². The third-order valence-corrected chi connectivity index (χ3v) is 7.21.